The van der Waals surface area contributed by atoms with Crippen molar-refractivity contribution in [3.63, 3.8) is 0 Å². The van der Waals surface area contributed by atoms with Crippen LogP contribution in [-0.4, -0.2) is 39.2 Å². The second-order valence-corrected chi connectivity index (χ2v) is 7.64. The van der Waals surface area contributed by atoms with Gasteiger partial charge in [-0.3, -0.25) is 0 Å². The minimum absolute atomic E-state index is 0.0521. The largest absolute Gasteiger partial charge is 0.378 e. The molecule has 0 saturated heterocycles. The fraction of sp³-hybridized carbons (Fsp3) is 0.273. The molecule has 8 nitrogen and oxygen atoms in total. The van der Waals surface area contributed by atoms with Crippen LogP contribution in [0.2, 0.25) is 0 Å². The Kier molecular flexibility index (Phi) is 4.55. The van der Waals surface area contributed by atoms with E-state index >= 15 is 0 Å². The summed E-state index contributed by atoms with van der Waals surface area (Å²) in [5, 5.41) is 12.7. The van der Waals surface area contributed by atoms with E-state index in [4.69, 9.17) is 9.26 Å². The average Bonchev–Trinajstić information content (AvgIpc) is 3.41. The number of fused-ring (bicyclic) bond motifs is 1. The Hall–Kier alpha value is -3.52. The monoisotopic (exact) mass is 402 g/mol. The molecule has 0 spiro atoms. The first-order valence-electron chi connectivity index (χ1n) is 9.81. The first-order chi connectivity index (χ1) is 14.6. The van der Waals surface area contributed by atoms with Crippen molar-refractivity contribution >= 4 is 5.69 Å². The van der Waals surface area contributed by atoms with Crippen molar-refractivity contribution in [2.75, 3.05) is 19.0 Å². The van der Waals surface area contributed by atoms with Gasteiger partial charge in [0.1, 0.15) is 6.10 Å². The summed E-state index contributed by atoms with van der Waals surface area (Å²) < 4.78 is 13.4. The molecule has 152 valence electrons. The van der Waals surface area contributed by atoms with Crippen molar-refractivity contribution < 1.29 is 9.26 Å². The highest BCUT2D eigenvalue weighted by Gasteiger charge is 2.27. The molecule has 1 unspecified atom stereocenters. The fourth-order valence-electron chi connectivity index (χ4n) is 3.51. The van der Waals surface area contributed by atoms with E-state index in [1.165, 1.54) is 5.56 Å². The van der Waals surface area contributed by atoms with E-state index in [-0.39, 0.29) is 6.10 Å². The molecular formula is C22H22N6O2. The number of aryl methyl sites for hydroxylation is 1. The molecule has 0 N–H and O–H groups in total. The predicted octanol–water partition coefficient (Wildman–Crippen LogP) is 3.64. The van der Waals surface area contributed by atoms with Gasteiger partial charge in [-0.05, 0) is 36.8 Å². The lowest BCUT2D eigenvalue weighted by atomic mass is 10.1. The van der Waals surface area contributed by atoms with E-state index in [0.717, 1.165) is 22.5 Å². The van der Waals surface area contributed by atoms with Gasteiger partial charge >= 0.3 is 0 Å². The number of rotatable bonds is 4. The Labute approximate surface area is 174 Å². The van der Waals surface area contributed by atoms with Crippen molar-refractivity contribution in [1.82, 2.24) is 25.1 Å². The Morgan fingerprint density at radius 2 is 1.80 bits per heavy atom. The van der Waals surface area contributed by atoms with E-state index < -0.39 is 0 Å². The summed E-state index contributed by atoms with van der Waals surface area (Å²) in [7, 11) is 4.00. The molecule has 3 heterocycles. The van der Waals surface area contributed by atoms with Crippen molar-refractivity contribution in [1.29, 1.82) is 0 Å². The molecule has 0 radical (unpaired) electrons. The van der Waals surface area contributed by atoms with Gasteiger partial charge in [0, 0.05) is 25.3 Å². The summed E-state index contributed by atoms with van der Waals surface area (Å²) in [6.45, 7) is 3.06. The van der Waals surface area contributed by atoms with Gasteiger partial charge < -0.3 is 14.2 Å². The third-order valence-electron chi connectivity index (χ3n) is 5.32. The molecule has 1 atom stereocenters. The van der Waals surface area contributed by atoms with Crippen LogP contribution < -0.4 is 4.90 Å². The van der Waals surface area contributed by atoms with E-state index in [2.05, 4.69) is 51.6 Å². The van der Waals surface area contributed by atoms with Crippen LogP contribution in [0.1, 0.15) is 22.9 Å². The molecule has 0 aliphatic carbocycles. The molecule has 4 aromatic rings. The number of hydrogen-bond donors (Lipinski definition) is 0. The van der Waals surface area contributed by atoms with Crippen LogP contribution in [0.25, 0.3) is 23.0 Å². The van der Waals surface area contributed by atoms with E-state index in [0.29, 0.717) is 30.6 Å². The maximum absolute atomic E-state index is 6.09. The highest BCUT2D eigenvalue weighted by molar-refractivity contribution is 5.61. The number of benzene rings is 2. The minimum Gasteiger partial charge on any atom is -0.378 e. The van der Waals surface area contributed by atoms with Gasteiger partial charge in [-0.15, -0.1) is 5.10 Å². The maximum atomic E-state index is 6.09. The molecule has 8 heteroatoms. The molecule has 0 amide bonds. The van der Waals surface area contributed by atoms with Gasteiger partial charge in [0.25, 0.3) is 5.89 Å². The van der Waals surface area contributed by atoms with Crippen LogP contribution in [0.5, 0.6) is 0 Å². The maximum Gasteiger partial charge on any atom is 0.258 e. The van der Waals surface area contributed by atoms with Crippen LogP contribution in [-0.2, 0) is 17.9 Å². The average molecular weight is 402 g/mol. The molecule has 1 aliphatic heterocycles. The fourth-order valence-corrected chi connectivity index (χ4v) is 3.51. The number of nitrogens with zero attached hydrogens (tertiary/aromatic N) is 6. The van der Waals surface area contributed by atoms with Crippen LogP contribution in [0.3, 0.4) is 0 Å². The molecule has 30 heavy (non-hydrogen) atoms. The normalized spacial score (nSPS) is 15.8. The van der Waals surface area contributed by atoms with Crippen LogP contribution in [0, 0.1) is 6.92 Å². The van der Waals surface area contributed by atoms with Crippen molar-refractivity contribution in [2.24, 2.45) is 0 Å². The zero-order valence-electron chi connectivity index (χ0n) is 17.1. The van der Waals surface area contributed by atoms with Gasteiger partial charge in [0.2, 0.25) is 5.82 Å². The molecular weight excluding hydrogens is 380 g/mol. The standard InChI is InChI=1S/C22H22N6O2/c1-14-4-6-15(7-5-14)19-12-28-18(13-29-19)20(24-26-28)21-23-22(30-25-21)16-8-10-17(11-9-16)27(2)3/h4-11,19H,12-13H2,1-3H3. The quantitative estimate of drug-likeness (QED) is 0.515. The zero-order valence-corrected chi connectivity index (χ0v) is 17.1. The number of aromatic nitrogens is 5. The van der Waals surface area contributed by atoms with Crippen molar-refractivity contribution in [3.05, 3.63) is 65.4 Å². The second-order valence-electron chi connectivity index (χ2n) is 7.64. The van der Waals surface area contributed by atoms with Gasteiger partial charge in [-0.2, -0.15) is 4.98 Å². The topological polar surface area (TPSA) is 82.1 Å². The van der Waals surface area contributed by atoms with E-state index in [1.54, 1.807) is 0 Å². The third kappa shape index (κ3) is 3.35. The Morgan fingerprint density at radius 1 is 1.03 bits per heavy atom. The lowest BCUT2D eigenvalue weighted by Crippen LogP contribution is -2.22. The highest BCUT2D eigenvalue weighted by atomic mass is 16.5. The van der Waals surface area contributed by atoms with Gasteiger partial charge in [-0.1, -0.05) is 40.2 Å². The first kappa shape index (κ1) is 18.5. The summed E-state index contributed by atoms with van der Waals surface area (Å²) in [6, 6.07) is 16.3. The lowest BCUT2D eigenvalue weighted by molar-refractivity contribution is -0.00112. The Balaban J connectivity index is 1.38. The zero-order chi connectivity index (χ0) is 20.7. The molecule has 5 rings (SSSR count). The summed E-state index contributed by atoms with van der Waals surface area (Å²) in [5.41, 5.74) is 5.77. The van der Waals surface area contributed by atoms with E-state index in [9.17, 15) is 0 Å². The molecule has 2 aromatic heterocycles. The minimum atomic E-state index is -0.0521. The number of anilines is 1. The van der Waals surface area contributed by atoms with Gasteiger partial charge in [-0.25, -0.2) is 4.68 Å². The lowest BCUT2D eigenvalue weighted by Gasteiger charge is -2.24. The van der Waals surface area contributed by atoms with Crippen molar-refractivity contribution in [2.45, 2.75) is 26.2 Å². The molecule has 0 fully saturated rings. The molecule has 0 bridgehead atoms. The molecule has 0 saturated carbocycles. The SMILES string of the molecule is Cc1ccc(C2Cn3nnc(-c4noc(-c5ccc(N(C)C)cc5)n4)c3CO2)cc1. The summed E-state index contributed by atoms with van der Waals surface area (Å²) in [5.74, 6) is 0.867. The van der Waals surface area contributed by atoms with Gasteiger partial charge in [0.05, 0.1) is 18.8 Å². The predicted molar refractivity (Wildman–Crippen MR) is 112 cm³/mol. The smallest absolute Gasteiger partial charge is 0.258 e. The molecule has 2 aromatic carbocycles. The molecule has 1 aliphatic rings. The summed E-state index contributed by atoms with van der Waals surface area (Å²) in [6.07, 6.45) is -0.0521. The number of ether oxygens (including phenoxy) is 1. The highest BCUT2D eigenvalue weighted by Crippen LogP contribution is 2.31. The summed E-state index contributed by atoms with van der Waals surface area (Å²) in [4.78, 5) is 6.57. The summed E-state index contributed by atoms with van der Waals surface area (Å²) >= 11 is 0. The van der Waals surface area contributed by atoms with Crippen LogP contribution in [0.15, 0.2) is 53.1 Å². The Bertz CT molecular complexity index is 1160. The number of hydrogen-bond acceptors (Lipinski definition) is 7. The van der Waals surface area contributed by atoms with Crippen LogP contribution >= 0.6 is 0 Å². The first-order valence-corrected chi connectivity index (χ1v) is 9.81. The van der Waals surface area contributed by atoms with Crippen molar-refractivity contribution in [3.8, 4) is 23.0 Å². The second kappa shape index (κ2) is 7.38. The Morgan fingerprint density at radius 3 is 2.53 bits per heavy atom. The van der Waals surface area contributed by atoms with Gasteiger partial charge in [0.15, 0.2) is 5.69 Å². The van der Waals surface area contributed by atoms with Crippen LogP contribution in [0.4, 0.5) is 5.69 Å². The third-order valence-corrected chi connectivity index (χ3v) is 5.32. The van der Waals surface area contributed by atoms with E-state index in [1.807, 2.05) is 47.9 Å².